The van der Waals surface area contributed by atoms with Crippen LogP contribution in [-0.4, -0.2) is 24.0 Å². The Morgan fingerprint density at radius 2 is 1.92 bits per heavy atom. The maximum absolute atomic E-state index is 11.5. The Morgan fingerprint density at radius 1 is 1.31 bits per heavy atom. The number of hydrogen-bond acceptors (Lipinski definition) is 2. The first kappa shape index (κ1) is 9.00. The summed E-state index contributed by atoms with van der Waals surface area (Å²) in [4.78, 5) is 11.5. The van der Waals surface area contributed by atoms with E-state index < -0.39 is 0 Å². The van der Waals surface area contributed by atoms with Crippen LogP contribution in [0.2, 0.25) is 0 Å². The molecule has 1 saturated carbocycles. The number of carbonyl (C=O) groups excluding carboxylic acids is 1. The highest BCUT2D eigenvalue weighted by molar-refractivity contribution is 5.80. The number of nitrogens with zero attached hydrogens (tertiary/aromatic N) is 1. The second-order valence-corrected chi connectivity index (χ2v) is 4.34. The lowest BCUT2D eigenvalue weighted by molar-refractivity contribution is -0.127. The van der Waals surface area contributed by atoms with Crippen LogP contribution in [0.15, 0.2) is 0 Å². The summed E-state index contributed by atoms with van der Waals surface area (Å²) < 4.78 is 0. The van der Waals surface area contributed by atoms with Crippen molar-refractivity contribution in [2.75, 3.05) is 13.1 Å². The summed E-state index contributed by atoms with van der Waals surface area (Å²) in [6.45, 7) is 4.21. The van der Waals surface area contributed by atoms with Crippen LogP contribution in [0.4, 0.5) is 0 Å². The van der Waals surface area contributed by atoms with E-state index >= 15 is 0 Å². The average Bonchev–Trinajstić information content (AvgIpc) is 2.84. The number of rotatable bonds is 2. The van der Waals surface area contributed by atoms with Crippen LogP contribution in [0.25, 0.3) is 0 Å². The fourth-order valence-electron chi connectivity index (χ4n) is 1.93. The van der Waals surface area contributed by atoms with Crippen molar-refractivity contribution < 1.29 is 4.79 Å². The van der Waals surface area contributed by atoms with Gasteiger partial charge in [0.15, 0.2) is 0 Å². The van der Waals surface area contributed by atoms with Gasteiger partial charge in [-0.3, -0.25) is 10.2 Å². The molecule has 2 aliphatic rings. The predicted molar refractivity (Wildman–Crippen MR) is 50.8 cm³/mol. The van der Waals surface area contributed by atoms with Crippen LogP contribution in [0.3, 0.4) is 0 Å². The van der Waals surface area contributed by atoms with Gasteiger partial charge < -0.3 is 0 Å². The lowest BCUT2D eigenvalue weighted by atomic mass is 10.2. The van der Waals surface area contributed by atoms with E-state index in [1.165, 1.54) is 19.3 Å². The second kappa shape index (κ2) is 3.66. The van der Waals surface area contributed by atoms with Crippen LogP contribution in [0.5, 0.6) is 0 Å². The van der Waals surface area contributed by atoms with Gasteiger partial charge in [-0.05, 0) is 25.2 Å². The molecule has 1 saturated heterocycles. The van der Waals surface area contributed by atoms with E-state index in [1.54, 1.807) is 0 Å². The first-order chi connectivity index (χ1) is 6.27. The SMILES string of the molecule is CC1CC1C(=O)NN1CCCCC1. The molecule has 3 nitrogen and oxygen atoms in total. The lowest BCUT2D eigenvalue weighted by Gasteiger charge is -2.26. The molecule has 1 amide bonds. The van der Waals surface area contributed by atoms with Gasteiger partial charge in [0, 0.05) is 19.0 Å². The third-order valence-electron chi connectivity index (χ3n) is 3.07. The second-order valence-electron chi connectivity index (χ2n) is 4.34. The molecule has 0 aromatic carbocycles. The molecule has 74 valence electrons. The van der Waals surface area contributed by atoms with Crippen molar-refractivity contribution in [2.24, 2.45) is 11.8 Å². The van der Waals surface area contributed by atoms with E-state index in [1.807, 2.05) is 0 Å². The monoisotopic (exact) mass is 182 g/mol. The van der Waals surface area contributed by atoms with Gasteiger partial charge in [-0.15, -0.1) is 0 Å². The van der Waals surface area contributed by atoms with E-state index in [0.29, 0.717) is 11.8 Å². The molecule has 2 unspecified atom stereocenters. The van der Waals surface area contributed by atoms with Crippen molar-refractivity contribution >= 4 is 5.91 Å². The molecular weight excluding hydrogens is 164 g/mol. The molecule has 0 aromatic rings. The minimum Gasteiger partial charge on any atom is -0.289 e. The van der Waals surface area contributed by atoms with Crippen LogP contribution < -0.4 is 5.43 Å². The molecule has 2 atom stereocenters. The van der Waals surface area contributed by atoms with Gasteiger partial charge in [0.2, 0.25) is 5.91 Å². The molecule has 0 spiro atoms. The third-order valence-corrected chi connectivity index (χ3v) is 3.07. The van der Waals surface area contributed by atoms with Crippen LogP contribution in [-0.2, 0) is 4.79 Å². The maximum atomic E-state index is 11.5. The summed E-state index contributed by atoms with van der Waals surface area (Å²) in [6, 6.07) is 0. The highest BCUT2D eigenvalue weighted by Gasteiger charge is 2.39. The van der Waals surface area contributed by atoms with Crippen molar-refractivity contribution in [2.45, 2.75) is 32.6 Å². The summed E-state index contributed by atoms with van der Waals surface area (Å²) in [6.07, 6.45) is 4.84. The van der Waals surface area contributed by atoms with Crippen molar-refractivity contribution in [3.8, 4) is 0 Å². The smallest absolute Gasteiger partial charge is 0.237 e. The first-order valence-corrected chi connectivity index (χ1v) is 5.33. The summed E-state index contributed by atoms with van der Waals surface area (Å²) in [5.74, 6) is 1.17. The Balaban J connectivity index is 1.73. The number of hydrogen-bond donors (Lipinski definition) is 1. The van der Waals surface area contributed by atoms with Crippen molar-refractivity contribution in [1.29, 1.82) is 0 Å². The Labute approximate surface area is 79.5 Å². The summed E-state index contributed by atoms with van der Waals surface area (Å²) in [7, 11) is 0. The Bertz CT molecular complexity index is 199. The normalized spacial score (nSPS) is 34.2. The van der Waals surface area contributed by atoms with Gasteiger partial charge in [-0.1, -0.05) is 13.3 Å². The molecule has 1 aliphatic heterocycles. The van der Waals surface area contributed by atoms with Crippen LogP contribution in [0.1, 0.15) is 32.6 Å². The van der Waals surface area contributed by atoms with Crippen molar-refractivity contribution in [3.05, 3.63) is 0 Å². The molecule has 2 rings (SSSR count). The van der Waals surface area contributed by atoms with E-state index in [2.05, 4.69) is 17.4 Å². The standard InChI is InChI=1S/C10H18N2O/c1-8-7-9(8)10(13)11-12-5-3-2-4-6-12/h8-9H,2-7H2,1H3,(H,11,13). The molecule has 1 aliphatic carbocycles. The lowest BCUT2D eigenvalue weighted by Crippen LogP contribution is -2.45. The molecule has 2 fully saturated rings. The number of hydrazine groups is 1. The van der Waals surface area contributed by atoms with Gasteiger partial charge in [-0.2, -0.15) is 0 Å². The summed E-state index contributed by atoms with van der Waals surface area (Å²) >= 11 is 0. The topological polar surface area (TPSA) is 32.3 Å². The van der Waals surface area contributed by atoms with Crippen molar-refractivity contribution in [3.63, 3.8) is 0 Å². The minimum absolute atomic E-state index is 0.245. The Kier molecular flexibility index (Phi) is 2.54. The van der Waals surface area contributed by atoms with Crippen LogP contribution in [0, 0.1) is 11.8 Å². The largest absolute Gasteiger partial charge is 0.289 e. The number of carbonyl (C=O) groups is 1. The highest BCUT2D eigenvalue weighted by Crippen LogP contribution is 2.37. The molecule has 0 aromatic heterocycles. The zero-order chi connectivity index (χ0) is 9.26. The Morgan fingerprint density at radius 3 is 2.46 bits per heavy atom. The maximum Gasteiger partial charge on any atom is 0.237 e. The summed E-state index contributed by atoms with van der Waals surface area (Å²) in [5.41, 5.74) is 3.01. The van der Waals surface area contributed by atoms with Gasteiger partial charge >= 0.3 is 0 Å². The van der Waals surface area contributed by atoms with E-state index in [9.17, 15) is 4.79 Å². The fraction of sp³-hybridized carbons (Fsp3) is 0.900. The molecule has 1 heterocycles. The first-order valence-electron chi connectivity index (χ1n) is 5.33. The Hall–Kier alpha value is -0.570. The third kappa shape index (κ3) is 2.21. The molecule has 1 N–H and O–H groups in total. The van der Waals surface area contributed by atoms with Gasteiger partial charge in [-0.25, -0.2) is 5.01 Å². The van der Waals surface area contributed by atoms with E-state index in [4.69, 9.17) is 0 Å². The van der Waals surface area contributed by atoms with Gasteiger partial charge in [0.25, 0.3) is 0 Å². The van der Waals surface area contributed by atoms with E-state index in [0.717, 1.165) is 19.5 Å². The molecule has 0 bridgehead atoms. The molecular formula is C10H18N2O. The molecule has 0 radical (unpaired) electrons. The number of piperidine rings is 1. The predicted octanol–water partition coefficient (Wildman–Crippen LogP) is 1.16. The molecule has 3 heteroatoms. The van der Waals surface area contributed by atoms with Gasteiger partial charge in [0.1, 0.15) is 0 Å². The minimum atomic E-state index is 0.245. The highest BCUT2D eigenvalue weighted by atomic mass is 16.2. The zero-order valence-electron chi connectivity index (χ0n) is 8.25. The number of nitrogens with one attached hydrogen (secondary N) is 1. The molecule has 13 heavy (non-hydrogen) atoms. The number of amides is 1. The van der Waals surface area contributed by atoms with E-state index in [-0.39, 0.29) is 5.91 Å². The zero-order valence-corrected chi connectivity index (χ0v) is 8.25. The van der Waals surface area contributed by atoms with Crippen LogP contribution >= 0.6 is 0 Å². The fourth-order valence-corrected chi connectivity index (χ4v) is 1.93. The summed E-state index contributed by atoms with van der Waals surface area (Å²) in [5, 5.41) is 2.08. The van der Waals surface area contributed by atoms with Gasteiger partial charge in [0.05, 0.1) is 0 Å². The average molecular weight is 182 g/mol. The quantitative estimate of drug-likeness (QED) is 0.695. The van der Waals surface area contributed by atoms with Crippen molar-refractivity contribution in [1.82, 2.24) is 10.4 Å².